The summed E-state index contributed by atoms with van der Waals surface area (Å²) in [7, 11) is 0. The Morgan fingerprint density at radius 3 is 1.98 bits per heavy atom. The molecule has 0 saturated carbocycles. The standard InChI is InChI=1S/C19H12ClFN2O.C18H16FIN2O3/c20-15-6-2-1-5-13(15)19-14-10-9-12(11-17(14)22-23-19)24-18-8-4-3-7-16(18)21;1-18(2,3)25-17(23)22-14-10-11(8-9-12(14)16(20)21-22)24-15-7-5-4-6-13(15)19/h1-11H,(H,22,23);4-10H,1-3H3. The smallest absolute Gasteiger partial charge is 0.435 e. The number of nitrogens with zero attached hydrogens (tertiary/aromatic N) is 3. The average molecular weight is 793 g/mol. The van der Waals surface area contributed by atoms with Gasteiger partial charge in [-0.3, -0.25) is 5.10 Å². The van der Waals surface area contributed by atoms with Crippen LogP contribution in [0, 0.1) is 15.3 Å². The van der Waals surface area contributed by atoms with E-state index in [1.165, 1.54) is 22.9 Å². The first-order valence-electron chi connectivity index (χ1n) is 15.0. The van der Waals surface area contributed by atoms with Crippen molar-refractivity contribution in [2.75, 3.05) is 0 Å². The second-order valence-corrected chi connectivity index (χ2v) is 13.1. The van der Waals surface area contributed by atoms with Crippen molar-refractivity contribution >= 4 is 62.1 Å². The van der Waals surface area contributed by atoms with Crippen LogP contribution in [-0.4, -0.2) is 31.7 Å². The van der Waals surface area contributed by atoms with Crippen LogP contribution in [0.4, 0.5) is 13.6 Å². The molecule has 0 saturated heterocycles. The van der Waals surface area contributed by atoms with E-state index in [1.54, 1.807) is 81.4 Å². The van der Waals surface area contributed by atoms with Crippen LogP contribution >= 0.6 is 34.2 Å². The quantitative estimate of drug-likeness (QED) is 0.175. The summed E-state index contributed by atoms with van der Waals surface area (Å²) >= 11 is 8.30. The van der Waals surface area contributed by atoms with E-state index in [0.29, 0.717) is 25.7 Å². The molecule has 0 fully saturated rings. The number of hydrogen-bond donors (Lipinski definition) is 1. The van der Waals surface area contributed by atoms with Crippen molar-refractivity contribution in [2.24, 2.45) is 0 Å². The van der Waals surface area contributed by atoms with E-state index in [-0.39, 0.29) is 11.5 Å². The van der Waals surface area contributed by atoms with E-state index in [1.807, 2.05) is 52.9 Å². The molecule has 7 aromatic rings. The van der Waals surface area contributed by atoms with Gasteiger partial charge in [-0.05, 0) is 98.0 Å². The SMILES string of the molecule is CC(C)(C)OC(=O)n1nc(I)c2ccc(Oc3ccccc3F)cc21.Fc1ccccc1Oc1ccc2c(-c3ccccc3Cl)n[nH]c2c1. The molecule has 0 atom stereocenters. The summed E-state index contributed by atoms with van der Waals surface area (Å²) in [5, 5.41) is 13.9. The third-order valence-electron chi connectivity index (χ3n) is 6.97. The lowest BCUT2D eigenvalue weighted by atomic mass is 10.1. The zero-order valence-corrected chi connectivity index (χ0v) is 29.3. The maximum Gasteiger partial charge on any atom is 0.435 e. The molecule has 0 aliphatic carbocycles. The average Bonchev–Trinajstić information content (AvgIpc) is 3.63. The molecule has 12 heteroatoms. The molecule has 8 nitrogen and oxygen atoms in total. The van der Waals surface area contributed by atoms with Gasteiger partial charge in [-0.1, -0.05) is 54.1 Å². The van der Waals surface area contributed by atoms with Crippen molar-refractivity contribution in [1.29, 1.82) is 0 Å². The third kappa shape index (κ3) is 7.84. The third-order valence-corrected chi connectivity index (χ3v) is 8.09. The summed E-state index contributed by atoms with van der Waals surface area (Å²) in [6.07, 6.45) is -0.580. The van der Waals surface area contributed by atoms with E-state index >= 15 is 0 Å². The number of rotatable bonds is 5. The Bertz CT molecular complexity index is 2300. The van der Waals surface area contributed by atoms with E-state index in [4.69, 9.17) is 25.8 Å². The van der Waals surface area contributed by atoms with Crippen LogP contribution in [0.15, 0.2) is 109 Å². The summed E-state index contributed by atoms with van der Waals surface area (Å²) in [6, 6.07) is 30.5. The van der Waals surface area contributed by atoms with Crippen molar-refractivity contribution in [3.8, 4) is 34.3 Å². The van der Waals surface area contributed by atoms with Crippen molar-refractivity contribution in [2.45, 2.75) is 26.4 Å². The minimum absolute atomic E-state index is 0.111. The molecule has 0 spiro atoms. The molecule has 2 heterocycles. The normalized spacial score (nSPS) is 11.2. The van der Waals surface area contributed by atoms with Gasteiger partial charge >= 0.3 is 6.09 Å². The number of aromatic amines is 1. The van der Waals surface area contributed by atoms with Gasteiger partial charge in [0, 0.05) is 28.5 Å². The number of carbonyl (C=O) groups is 1. The van der Waals surface area contributed by atoms with Gasteiger partial charge in [-0.25, -0.2) is 13.6 Å². The number of para-hydroxylation sites is 2. The van der Waals surface area contributed by atoms with Crippen LogP contribution in [0.5, 0.6) is 23.0 Å². The van der Waals surface area contributed by atoms with Crippen molar-refractivity contribution in [3.05, 3.63) is 130 Å². The molecule has 49 heavy (non-hydrogen) atoms. The molecular weight excluding hydrogens is 765 g/mol. The molecule has 5 aromatic carbocycles. The molecule has 0 unspecified atom stereocenters. The zero-order chi connectivity index (χ0) is 34.7. The zero-order valence-electron chi connectivity index (χ0n) is 26.4. The lowest BCUT2D eigenvalue weighted by molar-refractivity contribution is 0.0522. The number of fused-ring (bicyclic) bond motifs is 2. The second kappa shape index (κ2) is 14.2. The maximum absolute atomic E-state index is 13.8. The highest BCUT2D eigenvalue weighted by Gasteiger charge is 2.22. The number of nitrogens with one attached hydrogen (secondary N) is 1. The Balaban J connectivity index is 0.000000170. The molecule has 1 N–H and O–H groups in total. The van der Waals surface area contributed by atoms with E-state index in [0.717, 1.165) is 27.5 Å². The Morgan fingerprint density at radius 1 is 0.796 bits per heavy atom. The number of hydrogen-bond acceptors (Lipinski definition) is 6. The molecule has 0 bridgehead atoms. The molecular formula is C37H28ClF2IN4O4. The molecule has 0 radical (unpaired) electrons. The van der Waals surface area contributed by atoms with Gasteiger partial charge in [0.2, 0.25) is 0 Å². The highest BCUT2D eigenvalue weighted by Crippen LogP contribution is 2.34. The van der Waals surface area contributed by atoms with Gasteiger partial charge in [0.25, 0.3) is 0 Å². The Morgan fingerprint density at radius 2 is 1.37 bits per heavy atom. The predicted molar refractivity (Wildman–Crippen MR) is 194 cm³/mol. The summed E-state index contributed by atoms with van der Waals surface area (Å²) in [5.41, 5.74) is 2.31. The number of halogens is 4. The topological polar surface area (TPSA) is 91.3 Å². The first kappa shape index (κ1) is 33.9. The summed E-state index contributed by atoms with van der Waals surface area (Å²) in [5.74, 6) is 0.361. The van der Waals surface area contributed by atoms with Crippen molar-refractivity contribution in [1.82, 2.24) is 20.0 Å². The Kier molecular flexibility index (Phi) is 9.84. The van der Waals surface area contributed by atoms with E-state index in [9.17, 15) is 13.6 Å². The molecule has 7 rings (SSSR count). The van der Waals surface area contributed by atoms with E-state index < -0.39 is 23.3 Å². The molecule has 0 amide bonds. The fraction of sp³-hybridized carbons (Fsp3) is 0.108. The van der Waals surface area contributed by atoms with Crippen LogP contribution < -0.4 is 9.47 Å². The van der Waals surface area contributed by atoms with Gasteiger partial charge in [0.1, 0.15) is 26.5 Å². The largest absolute Gasteiger partial charge is 0.454 e. The monoisotopic (exact) mass is 792 g/mol. The van der Waals surface area contributed by atoms with Crippen LogP contribution in [0.2, 0.25) is 5.02 Å². The lowest BCUT2D eigenvalue weighted by Gasteiger charge is -2.19. The fourth-order valence-corrected chi connectivity index (χ4v) is 5.69. The summed E-state index contributed by atoms with van der Waals surface area (Å²) in [4.78, 5) is 12.4. The second-order valence-electron chi connectivity index (χ2n) is 11.7. The van der Waals surface area contributed by atoms with Gasteiger partial charge < -0.3 is 14.2 Å². The minimum Gasteiger partial charge on any atom is -0.454 e. The Labute approximate surface area is 298 Å². The van der Waals surface area contributed by atoms with Gasteiger partial charge in [-0.2, -0.15) is 14.9 Å². The number of H-pyrrole nitrogens is 1. The minimum atomic E-state index is -0.637. The molecule has 2 aromatic heterocycles. The number of aromatic nitrogens is 4. The lowest BCUT2D eigenvalue weighted by Crippen LogP contribution is -2.27. The first-order valence-corrected chi connectivity index (χ1v) is 16.4. The highest BCUT2D eigenvalue weighted by atomic mass is 127. The van der Waals surface area contributed by atoms with Crippen LogP contribution in [-0.2, 0) is 4.74 Å². The van der Waals surface area contributed by atoms with Crippen molar-refractivity contribution in [3.63, 3.8) is 0 Å². The number of carbonyl (C=O) groups excluding carboxylic acids is 1. The highest BCUT2D eigenvalue weighted by molar-refractivity contribution is 14.1. The first-order chi connectivity index (χ1) is 23.5. The molecule has 248 valence electrons. The Hall–Kier alpha value is -5.01. The van der Waals surface area contributed by atoms with Crippen LogP contribution in [0.3, 0.4) is 0 Å². The fourth-order valence-electron chi connectivity index (χ4n) is 4.79. The summed E-state index contributed by atoms with van der Waals surface area (Å²) < 4.78 is 45.9. The van der Waals surface area contributed by atoms with Crippen molar-refractivity contribution < 1.29 is 27.8 Å². The predicted octanol–water partition coefficient (Wildman–Crippen LogP) is 11.2. The summed E-state index contributed by atoms with van der Waals surface area (Å²) in [6.45, 7) is 5.36. The maximum atomic E-state index is 13.8. The number of ether oxygens (including phenoxy) is 3. The molecule has 0 aliphatic heterocycles. The number of benzene rings is 5. The van der Waals surface area contributed by atoms with Gasteiger partial charge in [0.05, 0.1) is 16.1 Å². The van der Waals surface area contributed by atoms with Crippen LogP contribution in [0.1, 0.15) is 20.8 Å². The van der Waals surface area contributed by atoms with Gasteiger partial charge in [-0.15, -0.1) is 0 Å². The van der Waals surface area contributed by atoms with E-state index in [2.05, 4.69) is 15.3 Å². The molecule has 0 aliphatic rings. The van der Waals surface area contributed by atoms with Gasteiger partial charge in [0.15, 0.2) is 23.1 Å². The van der Waals surface area contributed by atoms with Crippen LogP contribution in [0.25, 0.3) is 33.1 Å².